The quantitative estimate of drug-likeness (QED) is 0.801. The molecule has 0 radical (unpaired) electrons. The van der Waals surface area contributed by atoms with Gasteiger partial charge in [-0.05, 0) is 19.1 Å². The van der Waals surface area contributed by atoms with Crippen LogP contribution in [-0.4, -0.2) is 59.3 Å². The highest BCUT2D eigenvalue weighted by atomic mass is 16.5. The SMILES string of the molecule is Cc1cc(CN2Cc3cccn3[C@@H](COCC(=O)N(C)C)C2)no1. The van der Waals surface area contributed by atoms with Crippen LogP contribution in [0.3, 0.4) is 0 Å². The van der Waals surface area contributed by atoms with E-state index in [1.807, 2.05) is 13.0 Å². The molecule has 3 rings (SSSR count). The second kappa shape index (κ2) is 7.19. The van der Waals surface area contributed by atoms with Gasteiger partial charge in [0.05, 0.1) is 18.3 Å². The predicted octanol–water partition coefficient (Wildman–Crippen LogP) is 1.45. The van der Waals surface area contributed by atoms with Crippen molar-refractivity contribution in [2.45, 2.75) is 26.1 Å². The molecule has 1 atom stereocenters. The molecule has 24 heavy (non-hydrogen) atoms. The van der Waals surface area contributed by atoms with Crippen molar-refractivity contribution >= 4 is 5.91 Å². The second-order valence-electron chi connectivity index (χ2n) is 6.46. The van der Waals surface area contributed by atoms with E-state index < -0.39 is 0 Å². The number of amides is 1. The maximum absolute atomic E-state index is 11.7. The molecule has 0 aliphatic carbocycles. The highest BCUT2D eigenvalue weighted by Gasteiger charge is 2.25. The average molecular weight is 332 g/mol. The van der Waals surface area contributed by atoms with E-state index >= 15 is 0 Å². The van der Waals surface area contributed by atoms with E-state index in [9.17, 15) is 4.79 Å². The molecule has 0 N–H and O–H groups in total. The predicted molar refractivity (Wildman–Crippen MR) is 88.3 cm³/mol. The van der Waals surface area contributed by atoms with E-state index in [2.05, 4.69) is 33.0 Å². The summed E-state index contributed by atoms with van der Waals surface area (Å²) in [5.74, 6) is 0.806. The number of fused-ring (bicyclic) bond motifs is 1. The Bertz CT molecular complexity index is 692. The van der Waals surface area contributed by atoms with E-state index in [1.54, 1.807) is 19.0 Å². The Morgan fingerprint density at radius 1 is 1.50 bits per heavy atom. The van der Waals surface area contributed by atoms with Crippen molar-refractivity contribution in [3.63, 3.8) is 0 Å². The molecule has 0 saturated heterocycles. The van der Waals surface area contributed by atoms with Gasteiger partial charge in [0.25, 0.3) is 0 Å². The van der Waals surface area contributed by atoms with Crippen LogP contribution in [0.4, 0.5) is 0 Å². The van der Waals surface area contributed by atoms with Gasteiger partial charge in [0.2, 0.25) is 5.91 Å². The number of hydrogen-bond donors (Lipinski definition) is 0. The van der Waals surface area contributed by atoms with E-state index in [0.29, 0.717) is 6.61 Å². The van der Waals surface area contributed by atoms with Gasteiger partial charge < -0.3 is 18.7 Å². The molecular formula is C17H24N4O3. The van der Waals surface area contributed by atoms with Crippen molar-refractivity contribution in [2.75, 3.05) is 33.9 Å². The molecule has 0 aromatic carbocycles. The lowest BCUT2D eigenvalue weighted by Crippen LogP contribution is -2.39. The Morgan fingerprint density at radius 2 is 2.33 bits per heavy atom. The zero-order valence-corrected chi connectivity index (χ0v) is 14.4. The first-order valence-corrected chi connectivity index (χ1v) is 8.11. The average Bonchev–Trinajstić information content (AvgIpc) is 3.16. The molecular weight excluding hydrogens is 308 g/mol. The second-order valence-corrected chi connectivity index (χ2v) is 6.46. The van der Waals surface area contributed by atoms with Crippen molar-refractivity contribution in [1.29, 1.82) is 0 Å². The Hall–Kier alpha value is -2.12. The van der Waals surface area contributed by atoms with Gasteiger partial charge >= 0.3 is 0 Å². The molecule has 2 aromatic heterocycles. The zero-order chi connectivity index (χ0) is 17.1. The lowest BCUT2D eigenvalue weighted by molar-refractivity contribution is -0.134. The zero-order valence-electron chi connectivity index (χ0n) is 14.4. The number of rotatable bonds is 6. The van der Waals surface area contributed by atoms with E-state index in [0.717, 1.165) is 31.1 Å². The highest BCUT2D eigenvalue weighted by molar-refractivity contribution is 5.76. The van der Waals surface area contributed by atoms with Crippen molar-refractivity contribution in [2.24, 2.45) is 0 Å². The van der Waals surface area contributed by atoms with Crippen LogP contribution in [0.2, 0.25) is 0 Å². The summed E-state index contributed by atoms with van der Waals surface area (Å²) < 4.78 is 13.0. The first kappa shape index (κ1) is 16.7. The first-order valence-electron chi connectivity index (χ1n) is 8.11. The number of aryl methyl sites for hydroxylation is 1. The summed E-state index contributed by atoms with van der Waals surface area (Å²) in [5, 5.41) is 4.08. The van der Waals surface area contributed by atoms with Crippen LogP contribution in [0.15, 0.2) is 28.9 Å². The summed E-state index contributed by atoms with van der Waals surface area (Å²) in [4.78, 5) is 15.5. The smallest absolute Gasteiger partial charge is 0.248 e. The van der Waals surface area contributed by atoms with Crippen molar-refractivity contribution in [1.82, 2.24) is 19.5 Å². The standard InChI is InChI=1S/C17H24N4O3/c1-13-7-14(18-24-13)8-20-9-15-5-4-6-21(15)16(10-20)11-23-12-17(22)19(2)3/h4-7,16H,8-12H2,1-3H3/t16-/m1/s1. The molecule has 130 valence electrons. The molecule has 1 amide bonds. The third-order valence-corrected chi connectivity index (χ3v) is 4.21. The van der Waals surface area contributed by atoms with Gasteiger partial charge in [-0.15, -0.1) is 0 Å². The van der Waals surface area contributed by atoms with Gasteiger partial charge in [-0.2, -0.15) is 0 Å². The minimum atomic E-state index is -0.0199. The Kier molecular flexibility index (Phi) is 5.01. The van der Waals surface area contributed by atoms with Crippen molar-refractivity contribution in [3.05, 3.63) is 41.5 Å². The third-order valence-electron chi connectivity index (χ3n) is 4.21. The van der Waals surface area contributed by atoms with E-state index in [-0.39, 0.29) is 18.6 Å². The molecule has 0 fully saturated rings. The summed E-state index contributed by atoms with van der Waals surface area (Å²) in [6, 6.07) is 6.33. The van der Waals surface area contributed by atoms with Crippen LogP contribution in [0, 0.1) is 6.92 Å². The summed E-state index contributed by atoms with van der Waals surface area (Å²) in [5.41, 5.74) is 2.18. The summed E-state index contributed by atoms with van der Waals surface area (Å²) in [6.45, 7) is 4.99. The monoisotopic (exact) mass is 332 g/mol. The molecule has 1 aliphatic rings. The number of likely N-dealkylation sites (N-methyl/N-ethyl adjacent to an activating group) is 1. The fraction of sp³-hybridized carbons (Fsp3) is 0.529. The topological polar surface area (TPSA) is 63.7 Å². The van der Waals surface area contributed by atoms with Crippen LogP contribution >= 0.6 is 0 Å². The fourth-order valence-electron chi connectivity index (χ4n) is 2.99. The highest BCUT2D eigenvalue weighted by Crippen LogP contribution is 2.23. The molecule has 1 aliphatic heterocycles. The van der Waals surface area contributed by atoms with Crippen molar-refractivity contribution < 1.29 is 14.1 Å². The van der Waals surface area contributed by atoms with Gasteiger partial charge in [0.15, 0.2) is 0 Å². The maximum atomic E-state index is 11.7. The number of nitrogens with zero attached hydrogens (tertiary/aromatic N) is 4. The fourth-order valence-corrected chi connectivity index (χ4v) is 2.99. The van der Waals surface area contributed by atoms with Crippen LogP contribution in [-0.2, 0) is 22.6 Å². The minimum Gasteiger partial charge on any atom is -0.369 e. The van der Waals surface area contributed by atoms with Gasteiger partial charge in [0.1, 0.15) is 12.4 Å². The minimum absolute atomic E-state index is 0.0199. The van der Waals surface area contributed by atoms with Crippen LogP contribution in [0.25, 0.3) is 0 Å². The van der Waals surface area contributed by atoms with Gasteiger partial charge in [0, 0.05) is 51.7 Å². The lowest BCUT2D eigenvalue weighted by Gasteiger charge is -2.34. The number of aromatic nitrogens is 2. The molecule has 3 heterocycles. The Morgan fingerprint density at radius 3 is 3.04 bits per heavy atom. The summed E-state index contributed by atoms with van der Waals surface area (Å²) in [6.07, 6.45) is 2.08. The first-order chi connectivity index (χ1) is 11.5. The number of carbonyl (C=O) groups excluding carboxylic acids is 1. The number of hydrogen-bond acceptors (Lipinski definition) is 5. The van der Waals surface area contributed by atoms with Crippen molar-refractivity contribution in [3.8, 4) is 0 Å². The summed E-state index contributed by atoms with van der Waals surface area (Å²) in [7, 11) is 3.47. The Labute approximate surface area is 141 Å². The number of ether oxygens (including phenoxy) is 1. The van der Waals surface area contributed by atoms with Gasteiger partial charge in [-0.25, -0.2) is 0 Å². The van der Waals surface area contributed by atoms with E-state index in [4.69, 9.17) is 9.26 Å². The molecule has 0 saturated carbocycles. The number of carbonyl (C=O) groups is 1. The molecule has 0 spiro atoms. The largest absolute Gasteiger partial charge is 0.369 e. The summed E-state index contributed by atoms with van der Waals surface area (Å²) >= 11 is 0. The lowest BCUT2D eigenvalue weighted by atomic mass is 10.2. The van der Waals surface area contributed by atoms with Crippen LogP contribution in [0.5, 0.6) is 0 Å². The molecule has 0 unspecified atom stereocenters. The maximum Gasteiger partial charge on any atom is 0.248 e. The normalized spacial score (nSPS) is 17.7. The molecule has 0 bridgehead atoms. The van der Waals surface area contributed by atoms with Gasteiger partial charge in [-0.3, -0.25) is 9.69 Å². The van der Waals surface area contributed by atoms with E-state index in [1.165, 1.54) is 5.69 Å². The molecule has 7 nitrogen and oxygen atoms in total. The Balaban J connectivity index is 1.62. The van der Waals surface area contributed by atoms with Crippen LogP contribution in [0.1, 0.15) is 23.2 Å². The van der Waals surface area contributed by atoms with Crippen LogP contribution < -0.4 is 0 Å². The third kappa shape index (κ3) is 3.85. The molecule has 7 heteroatoms. The van der Waals surface area contributed by atoms with Gasteiger partial charge in [-0.1, -0.05) is 5.16 Å². The molecule has 2 aromatic rings.